The average Bonchev–Trinajstić information content (AvgIpc) is 3.49. The summed E-state index contributed by atoms with van der Waals surface area (Å²) >= 11 is 1.57. The molecule has 35 heavy (non-hydrogen) atoms. The van der Waals surface area contributed by atoms with Crippen molar-refractivity contribution in [1.29, 1.82) is 0 Å². The van der Waals surface area contributed by atoms with Gasteiger partial charge in [0.05, 0.1) is 16.6 Å². The van der Waals surface area contributed by atoms with Crippen LogP contribution in [0.5, 0.6) is 0 Å². The van der Waals surface area contributed by atoms with Crippen molar-refractivity contribution < 1.29 is 19.5 Å². The largest absolute Gasteiger partial charge is 0.387 e. The molecule has 2 aromatic heterocycles. The maximum Gasteiger partial charge on any atom is 0.248 e. The monoisotopic (exact) mass is 493 g/mol. The highest BCUT2D eigenvalue weighted by molar-refractivity contribution is 7.07. The van der Waals surface area contributed by atoms with Gasteiger partial charge in [-0.3, -0.25) is 14.4 Å². The maximum atomic E-state index is 12.9. The molecular formula is C25H27N5O4S. The molecule has 0 unspecified atom stereocenters. The molecule has 0 bridgehead atoms. The number of piperidine rings is 2. The van der Waals surface area contributed by atoms with Crippen molar-refractivity contribution in [3.8, 4) is 0 Å². The lowest BCUT2D eigenvalue weighted by atomic mass is 9.74. The number of likely N-dealkylation sites (tertiary alicyclic amines) is 2. The van der Waals surface area contributed by atoms with Crippen molar-refractivity contribution in [3.63, 3.8) is 0 Å². The van der Waals surface area contributed by atoms with Gasteiger partial charge in [0.15, 0.2) is 0 Å². The third-order valence-electron chi connectivity index (χ3n) is 7.14. The van der Waals surface area contributed by atoms with Crippen LogP contribution in [0.1, 0.15) is 42.5 Å². The molecule has 0 aliphatic carbocycles. The second kappa shape index (κ2) is 9.71. The summed E-state index contributed by atoms with van der Waals surface area (Å²) in [6, 6.07) is 1.92. The Bertz CT molecular complexity index is 1190. The first-order chi connectivity index (χ1) is 17.0. The lowest BCUT2D eigenvalue weighted by molar-refractivity contribution is -0.137. The number of carbonyl (C=O) groups is 3. The minimum Gasteiger partial charge on any atom is -0.387 e. The highest BCUT2D eigenvalue weighted by Crippen LogP contribution is 2.44. The third-order valence-corrected chi connectivity index (χ3v) is 7.74. The number of aromatic nitrogens is 2. The van der Waals surface area contributed by atoms with Crippen molar-refractivity contribution in [2.24, 2.45) is 0 Å². The van der Waals surface area contributed by atoms with E-state index in [0.29, 0.717) is 44.8 Å². The number of hydrogen-bond donors (Lipinski definition) is 2. The van der Waals surface area contributed by atoms with Gasteiger partial charge in [-0.25, -0.2) is 9.97 Å². The molecular weight excluding hydrogens is 466 g/mol. The van der Waals surface area contributed by atoms with Crippen LogP contribution in [0.3, 0.4) is 0 Å². The Balaban J connectivity index is 1.24. The number of nitrogens with zero attached hydrogens (tertiary/aromatic N) is 4. The molecule has 2 aromatic rings. The van der Waals surface area contributed by atoms with E-state index in [2.05, 4.69) is 21.4 Å². The van der Waals surface area contributed by atoms with Crippen molar-refractivity contribution >= 4 is 47.0 Å². The number of fused-ring (bicyclic) bond motifs is 2. The minimum absolute atomic E-state index is 0.0436. The highest BCUT2D eigenvalue weighted by Gasteiger charge is 2.49. The number of nitrogens with one attached hydrogen (secondary N) is 1. The zero-order chi connectivity index (χ0) is 24.4. The second-order valence-corrected chi connectivity index (χ2v) is 9.83. The summed E-state index contributed by atoms with van der Waals surface area (Å²) in [6.45, 7) is 1.62. The van der Waals surface area contributed by atoms with Crippen LogP contribution in [0.2, 0.25) is 0 Å². The minimum atomic E-state index is -0.741. The standard InChI is InChI=1S/C25H27N5O4S/c31-14-22(33)30-9-5-25(6-10-30)20-12-18(13-26-23(20)28-24(25)34)1-2-21(32)29-7-3-17(4-8-29)11-19-15-35-16-27-19/h1-2,11-13,15-16,31H,3-10,14H2,(H,26,28,34). The number of hydrogen-bond acceptors (Lipinski definition) is 7. The summed E-state index contributed by atoms with van der Waals surface area (Å²) in [4.78, 5) is 49.6. The van der Waals surface area contributed by atoms with Gasteiger partial charge in [-0.05, 0) is 49.5 Å². The van der Waals surface area contributed by atoms with Crippen LogP contribution < -0.4 is 5.32 Å². The second-order valence-electron chi connectivity index (χ2n) is 9.11. The van der Waals surface area contributed by atoms with Crippen LogP contribution >= 0.6 is 11.3 Å². The molecule has 0 radical (unpaired) electrons. The number of carbonyl (C=O) groups excluding carboxylic acids is 3. The van der Waals surface area contributed by atoms with Gasteiger partial charge in [0, 0.05) is 49.4 Å². The summed E-state index contributed by atoms with van der Waals surface area (Å²) in [5.41, 5.74) is 4.92. The van der Waals surface area contributed by atoms with E-state index < -0.39 is 12.0 Å². The first kappa shape index (κ1) is 23.4. The van der Waals surface area contributed by atoms with Crippen LogP contribution in [0, 0.1) is 0 Å². The van der Waals surface area contributed by atoms with Gasteiger partial charge in [-0.1, -0.05) is 5.57 Å². The van der Waals surface area contributed by atoms with Gasteiger partial charge in [0.25, 0.3) is 0 Å². The molecule has 3 aliphatic rings. The van der Waals surface area contributed by atoms with Gasteiger partial charge in [0.1, 0.15) is 12.4 Å². The van der Waals surface area contributed by atoms with Crippen molar-refractivity contribution in [1.82, 2.24) is 19.8 Å². The quantitative estimate of drug-likeness (QED) is 0.630. The molecule has 9 nitrogen and oxygen atoms in total. The normalized spacial score (nSPS) is 19.2. The lowest BCUT2D eigenvalue weighted by Crippen LogP contribution is -2.49. The van der Waals surface area contributed by atoms with Crippen LogP contribution in [0.4, 0.5) is 5.82 Å². The van der Waals surface area contributed by atoms with E-state index in [1.54, 1.807) is 34.6 Å². The molecule has 5 rings (SSSR count). The van der Waals surface area contributed by atoms with Crippen LogP contribution in [-0.4, -0.2) is 75.4 Å². The molecule has 1 spiro atoms. The van der Waals surface area contributed by atoms with E-state index in [-0.39, 0.29) is 17.7 Å². The third kappa shape index (κ3) is 4.63. The van der Waals surface area contributed by atoms with E-state index >= 15 is 0 Å². The van der Waals surface area contributed by atoms with E-state index in [4.69, 9.17) is 5.11 Å². The summed E-state index contributed by atoms with van der Waals surface area (Å²) < 4.78 is 0. The molecule has 2 fully saturated rings. The van der Waals surface area contributed by atoms with Crippen LogP contribution in [0.25, 0.3) is 12.2 Å². The fourth-order valence-corrected chi connectivity index (χ4v) is 5.57. The molecule has 0 aromatic carbocycles. The Hall–Kier alpha value is -3.37. The number of aliphatic hydroxyl groups excluding tert-OH is 1. The number of anilines is 1. The molecule has 3 amide bonds. The number of pyridine rings is 1. The fraction of sp³-hybridized carbons (Fsp3) is 0.400. The van der Waals surface area contributed by atoms with Gasteiger partial charge >= 0.3 is 0 Å². The number of rotatable bonds is 4. The molecule has 2 saturated heterocycles. The number of amides is 3. The van der Waals surface area contributed by atoms with E-state index in [1.807, 2.05) is 21.9 Å². The summed E-state index contributed by atoms with van der Waals surface area (Å²) in [6.07, 6.45) is 9.69. The predicted molar refractivity (Wildman–Crippen MR) is 132 cm³/mol. The smallest absolute Gasteiger partial charge is 0.248 e. The van der Waals surface area contributed by atoms with Crippen LogP contribution in [0.15, 0.2) is 34.8 Å². The van der Waals surface area contributed by atoms with Gasteiger partial charge in [-0.2, -0.15) is 0 Å². The topological polar surface area (TPSA) is 116 Å². The summed E-state index contributed by atoms with van der Waals surface area (Å²) in [7, 11) is 0. The van der Waals surface area contributed by atoms with Gasteiger partial charge < -0.3 is 20.2 Å². The molecule has 3 aliphatic heterocycles. The lowest BCUT2D eigenvalue weighted by Gasteiger charge is -2.37. The Labute approximate surface area is 207 Å². The first-order valence-corrected chi connectivity index (χ1v) is 12.7. The Morgan fingerprint density at radius 3 is 2.60 bits per heavy atom. The molecule has 2 N–H and O–H groups in total. The Morgan fingerprint density at radius 1 is 1.14 bits per heavy atom. The molecule has 10 heteroatoms. The van der Waals surface area contributed by atoms with E-state index in [9.17, 15) is 14.4 Å². The predicted octanol–water partition coefficient (Wildman–Crippen LogP) is 2.06. The van der Waals surface area contributed by atoms with Crippen molar-refractivity contribution in [2.45, 2.75) is 31.1 Å². The van der Waals surface area contributed by atoms with Gasteiger partial charge in [-0.15, -0.1) is 11.3 Å². The maximum absolute atomic E-state index is 12.9. The number of aliphatic hydroxyl groups is 1. The number of thiazole rings is 1. The summed E-state index contributed by atoms with van der Waals surface area (Å²) in [5.74, 6) is 0.0622. The van der Waals surface area contributed by atoms with Crippen molar-refractivity contribution in [3.05, 3.63) is 51.6 Å². The zero-order valence-electron chi connectivity index (χ0n) is 19.3. The Kier molecular flexibility index (Phi) is 6.48. The Morgan fingerprint density at radius 2 is 1.91 bits per heavy atom. The molecule has 5 heterocycles. The summed E-state index contributed by atoms with van der Waals surface area (Å²) in [5, 5.41) is 14.0. The molecule has 0 atom stereocenters. The van der Waals surface area contributed by atoms with Crippen LogP contribution in [-0.2, 0) is 19.8 Å². The zero-order valence-corrected chi connectivity index (χ0v) is 20.1. The van der Waals surface area contributed by atoms with Gasteiger partial charge in [0.2, 0.25) is 17.7 Å². The van der Waals surface area contributed by atoms with E-state index in [0.717, 1.165) is 29.7 Å². The molecule has 0 saturated carbocycles. The molecule has 182 valence electrons. The van der Waals surface area contributed by atoms with Crippen molar-refractivity contribution in [2.75, 3.05) is 38.1 Å². The fourth-order valence-electron chi connectivity index (χ4n) is 5.05. The highest BCUT2D eigenvalue weighted by atomic mass is 32.1. The average molecular weight is 494 g/mol. The van der Waals surface area contributed by atoms with E-state index in [1.165, 1.54) is 5.57 Å². The SMILES string of the molecule is O=C(C=Cc1cnc2c(c1)C1(CCN(C(=O)CO)CC1)C(=O)N2)N1CCC(=Cc2cscn2)CC1. The first-order valence-electron chi connectivity index (χ1n) is 11.7.